The van der Waals surface area contributed by atoms with E-state index in [1.807, 2.05) is 6.07 Å². The predicted octanol–water partition coefficient (Wildman–Crippen LogP) is 5.55. The molecule has 1 aliphatic carbocycles. The molecule has 140 valence electrons. The zero-order valence-electron chi connectivity index (χ0n) is 16.6. The third kappa shape index (κ3) is 3.07. The van der Waals surface area contributed by atoms with Gasteiger partial charge in [-0.25, -0.2) is 0 Å². The molecule has 0 amide bonds. The maximum Gasteiger partial charge on any atom is 0.111 e. The van der Waals surface area contributed by atoms with Crippen LogP contribution < -0.4 is 0 Å². The third-order valence-electron chi connectivity index (χ3n) is 6.36. The van der Waals surface area contributed by atoms with Gasteiger partial charge in [0.1, 0.15) is 11.7 Å². The molecule has 3 heteroatoms. The molecule has 1 aromatic carbocycles. The molecule has 1 saturated heterocycles. The van der Waals surface area contributed by atoms with Gasteiger partial charge < -0.3 is 4.74 Å². The Bertz CT molecular complexity index is 887. The van der Waals surface area contributed by atoms with Gasteiger partial charge in [-0.3, -0.25) is 4.98 Å². The van der Waals surface area contributed by atoms with E-state index < -0.39 is 5.60 Å². The Morgan fingerprint density at radius 2 is 1.96 bits per heavy atom. The summed E-state index contributed by atoms with van der Waals surface area (Å²) in [5, 5.41) is 10.2. The van der Waals surface area contributed by atoms with Crippen LogP contribution in [0.25, 0.3) is 11.1 Å². The second kappa shape index (κ2) is 6.77. The summed E-state index contributed by atoms with van der Waals surface area (Å²) in [7, 11) is 0. The molecule has 2 aliphatic rings. The Balaban J connectivity index is 2.03. The van der Waals surface area contributed by atoms with E-state index in [-0.39, 0.29) is 5.41 Å². The van der Waals surface area contributed by atoms with Gasteiger partial charge >= 0.3 is 0 Å². The lowest BCUT2D eigenvalue weighted by Gasteiger charge is -2.35. The quantitative estimate of drug-likeness (QED) is 0.721. The van der Waals surface area contributed by atoms with E-state index in [0.717, 1.165) is 67.5 Å². The molecule has 1 unspecified atom stereocenters. The first-order valence-corrected chi connectivity index (χ1v) is 10.2. The minimum Gasteiger partial charge on any atom is -0.369 e. The number of aryl methyl sites for hydroxylation is 1. The highest BCUT2D eigenvalue weighted by Crippen LogP contribution is 2.46. The van der Waals surface area contributed by atoms with Crippen molar-refractivity contribution in [1.82, 2.24) is 4.98 Å². The third-order valence-corrected chi connectivity index (χ3v) is 6.36. The molecule has 0 saturated carbocycles. The topological polar surface area (TPSA) is 45.9 Å². The van der Waals surface area contributed by atoms with Crippen LogP contribution in [-0.2, 0) is 23.2 Å². The van der Waals surface area contributed by atoms with Crippen molar-refractivity contribution >= 4 is 0 Å². The summed E-state index contributed by atoms with van der Waals surface area (Å²) >= 11 is 0. The highest BCUT2D eigenvalue weighted by atomic mass is 16.5. The molecular weight excluding hydrogens is 332 g/mol. The number of aromatic nitrogens is 1. The van der Waals surface area contributed by atoms with Crippen molar-refractivity contribution in [1.29, 1.82) is 5.26 Å². The van der Waals surface area contributed by atoms with Gasteiger partial charge in [0.05, 0.1) is 11.3 Å². The number of nitriles is 1. The van der Waals surface area contributed by atoms with Crippen molar-refractivity contribution in [2.45, 2.75) is 64.9 Å². The van der Waals surface area contributed by atoms with E-state index in [2.05, 4.69) is 51.1 Å². The van der Waals surface area contributed by atoms with Crippen LogP contribution in [0.4, 0.5) is 0 Å². The van der Waals surface area contributed by atoms with E-state index in [1.54, 1.807) is 0 Å². The van der Waals surface area contributed by atoms with Crippen molar-refractivity contribution < 1.29 is 4.74 Å². The molecule has 1 aliphatic heterocycles. The first-order valence-electron chi connectivity index (χ1n) is 10.2. The zero-order valence-corrected chi connectivity index (χ0v) is 16.6. The SMILES string of the molecule is CCC1(c2nc3c(c(-c4ccccc4)c2C#N)CC(C)(C)CC3)CCCO1. The Morgan fingerprint density at radius 1 is 1.19 bits per heavy atom. The second-order valence-electron chi connectivity index (χ2n) is 8.75. The number of nitrogens with zero attached hydrogens (tertiary/aromatic N) is 2. The van der Waals surface area contributed by atoms with Crippen LogP contribution in [0.5, 0.6) is 0 Å². The summed E-state index contributed by atoms with van der Waals surface area (Å²) in [6.07, 6.45) is 5.91. The first kappa shape index (κ1) is 18.2. The van der Waals surface area contributed by atoms with Crippen LogP contribution in [-0.4, -0.2) is 11.6 Å². The number of hydrogen-bond donors (Lipinski definition) is 0. The molecule has 2 heterocycles. The van der Waals surface area contributed by atoms with E-state index in [9.17, 15) is 5.26 Å². The van der Waals surface area contributed by atoms with Crippen LogP contribution in [0.15, 0.2) is 30.3 Å². The van der Waals surface area contributed by atoms with Gasteiger partial charge in [-0.05, 0) is 55.1 Å². The molecule has 0 radical (unpaired) electrons. The molecule has 0 N–H and O–H groups in total. The normalized spacial score (nSPS) is 23.6. The van der Waals surface area contributed by atoms with Crippen molar-refractivity contribution in [2.24, 2.45) is 5.41 Å². The zero-order chi connectivity index (χ0) is 19.1. The summed E-state index contributed by atoms with van der Waals surface area (Å²) in [6, 6.07) is 12.9. The van der Waals surface area contributed by atoms with Gasteiger partial charge in [-0.1, -0.05) is 51.1 Å². The van der Waals surface area contributed by atoms with E-state index in [0.29, 0.717) is 0 Å². The minimum absolute atomic E-state index is 0.235. The first-order chi connectivity index (χ1) is 13.0. The molecule has 1 aromatic heterocycles. The average Bonchev–Trinajstić information content (AvgIpc) is 3.17. The van der Waals surface area contributed by atoms with Crippen molar-refractivity contribution in [3.8, 4) is 17.2 Å². The summed E-state index contributed by atoms with van der Waals surface area (Å²) in [6.45, 7) is 7.54. The maximum absolute atomic E-state index is 10.2. The maximum atomic E-state index is 10.2. The molecule has 4 rings (SSSR count). The highest BCUT2D eigenvalue weighted by Gasteiger charge is 2.41. The van der Waals surface area contributed by atoms with Gasteiger partial charge in [0.25, 0.3) is 0 Å². The second-order valence-corrected chi connectivity index (χ2v) is 8.75. The van der Waals surface area contributed by atoms with Crippen LogP contribution >= 0.6 is 0 Å². The lowest BCUT2D eigenvalue weighted by atomic mass is 9.72. The fourth-order valence-electron chi connectivity index (χ4n) is 4.79. The lowest BCUT2D eigenvalue weighted by molar-refractivity contribution is -0.00710. The van der Waals surface area contributed by atoms with Crippen molar-refractivity contribution in [2.75, 3.05) is 6.61 Å². The Morgan fingerprint density at radius 3 is 2.59 bits per heavy atom. The average molecular weight is 361 g/mol. The molecular formula is C24H28N2O. The van der Waals surface area contributed by atoms with Crippen LogP contribution in [0.1, 0.15) is 69.0 Å². The van der Waals surface area contributed by atoms with E-state index in [4.69, 9.17) is 9.72 Å². The molecule has 27 heavy (non-hydrogen) atoms. The summed E-state index contributed by atoms with van der Waals surface area (Å²) in [5.41, 5.74) is 6.08. The van der Waals surface area contributed by atoms with Crippen molar-refractivity contribution in [3.05, 3.63) is 52.8 Å². The minimum atomic E-state index is -0.406. The highest BCUT2D eigenvalue weighted by molar-refractivity contribution is 5.76. The number of rotatable bonds is 3. The van der Waals surface area contributed by atoms with Gasteiger partial charge in [0.2, 0.25) is 0 Å². The molecule has 0 spiro atoms. The smallest absolute Gasteiger partial charge is 0.111 e. The van der Waals surface area contributed by atoms with Crippen molar-refractivity contribution in [3.63, 3.8) is 0 Å². The van der Waals surface area contributed by atoms with E-state index in [1.165, 1.54) is 11.3 Å². The molecule has 1 fully saturated rings. The molecule has 1 atom stereocenters. The Labute approximate surface area is 162 Å². The number of hydrogen-bond acceptors (Lipinski definition) is 3. The molecule has 2 aromatic rings. The van der Waals surface area contributed by atoms with E-state index >= 15 is 0 Å². The monoisotopic (exact) mass is 360 g/mol. The Kier molecular flexibility index (Phi) is 4.56. The summed E-state index contributed by atoms with van der Waals surface area (Å²) in [4.78, 5) is 5.11. The molecule has 0 bridgehead atoms. The number of ether oxygens (including phenoxy) is 1. The number of pyridine rings is 1. The van der Waals surface area contributed by atoms with Gasteiger partial charge in [-0.15, -0.1) is 0 Å². The fraction of sp³-hybridized carbons (Fsp3) is 0.500. The van der Waals surface area contributed by atoms with Crippen LogP contribution in [0.3, 0.4) is 0 Å². The number of benzene rings is 1. The summed E-state index contributed by atoms with van der Waals surface area (Å²) < 4.78 is 6.23. The number of fused-ring (bicyclic) bond motifs is 1. The predicted molar refractivity (Wildman–Crippen MR) is 107 cm³/mol. The largest absolute Gasteiger partial charge is 0.369 e. The van der Waals surface area contributed by atoms with Gasteiger partial charge in [0, 0.05) is 17.9 Å². The van der Waals surface area contributed by atoms with Gasteiger partial charge in [0.15, 0.2) is 0 Å². The van der Waals surface area contributed by atoms with Gasteiger partial charge in [-0.2, -0.15) is 5.26 Å². The Hall–Kier alpha value is -2.18. The molecule has 3 nitrogen and oxygen atoms in total. The summed E-state index contributed by atoms with van der Waals surface area (Å²) in [5.74, 6) is 0. The lowest BCUT2D eigenvalue weighted by Crippen LogP contribution is -2.30. The fourth-order valence-corrected chi connectivity index (χ4v) is 4.79. The standard InChI is InChI=1S/C24H28N2O/c1-4-24(12-8-14-27-24)22-19(16-25)21(17-9-6-5-7-10-17)18-15-23(2,3)13-11-20(18)26-22/h5-7,9-10H,4,8,11-15H2,1-3H3. The van der Waals surface area contributed by atoms with Crippen LogP contribution in [0.2, 0.25) is 0 Å². The van der Waals surface area contributed by atoms with Crippen LogP contribution in [0, 0.1) is 16.7 Å².